The molecule has 18 heavy (non-hydrogen) atoms. The first-order valence-electron chi connectivity index (χ1n) is 5.81. The van der Waals surface area contributed by atoms with Gasteiger partial charge in [0.2, 0.25) is 0 Å². The molecule has 0 unspecified atom stereocenters. The van der Waals surface area contributed by atoms with E-state index >= 15 is 0 Å². The number of aromatic nitrogens is 1. The van der Waals surface area contributed by atoms with Gasteiger partial charge in [0.05, 0.1) is 0 Å². The molecule has 0 aliphatic heterocycles. The summed E-state index contributed by atoms with van der Waals surface area (Å²) in [4.78, 5) is 4.47. The van der Waals surface area contributed by atoms with Gasteiger partial charge in [-0.05, 0) is 18.2 Å². The number of rotatable bonds is 1. The Bertz CT molecular complexity index is 603. The van der Waals surface area contributed by atoms with Crippen LogP contribution in [0.4, 0.5) is 10.1 Å². The van der Waals surface area contributed by atoms with E-state index in [0.717, 1.165) is 21.2 Å². The van der Waals surface area contributed by atoms with Gasteiger partial charge in [0.15, 0.2) is 0 Å². The maximum atomic E-state index is 13.9. The number of nitrogens with zero attached hydrogens (tertiary/aromatic N) is 1. The summed E-state index contributed by atoms with van der Waals surface area (Å²) in [6.45, 7) is 6.20. The van der Waals surface area contributed by atoms with E-state index in [2.05, 4.69) is 47.0 Å². The molecule has 1 N–H and O–H groups in total. The summed E-state index contributed by atoms with van der Waals surface area (Å²) in [5.41, 5.74) is 2.04. The van der Waals surface area contributed by atoms with Gasteiger partial charge in [-0.25, -0.2) is 9.37 Å². The number of nitrogens with one attached hydrogen (secondary N) is 1. The van der Waals surface area contributed by atoms with Crippen molar-refractivity contribution in [3.63, 3.8) is 0 Å². The first-order chi connectivity index (χ1) is 8.34. The second-order valence-electron chi connectivity index (χ2n) is 5.31. The van der Waals surface area contributed by atoms with Crippen molar-refractivity contribution in [2.75, 3.05) is 12.4 Å². The van der Waals surface area contributed by atoms with Gasteiger partial charge in [-0.1, -0.05) is 36.7 Å². The topological polar surface area (TPSA) is 24.9 Å². The molecular weight excluding hydrogens is 295 g/mol. The average Bonchev–Trinajstić information content (AvgIpc) is 2.31. The summed E-state index contributed by atoms with van der Waals surface area (Å²) < 4.78 is 14.8. The van der Waals surface area contributed by atoms with Gasteiger partial charge < -0.3 is 5.32 Å². The van der Waals surface area contributed by atoms with E-state index in [-0.39, 0.29) is 11.2 Å². The minimum Gasteiger partial charge on any atom is -0.387 e. The fourth-order valence-electron chi connectivity index (χ4n) is 1.85. The molecule has 2 aromatic rings. The lowest BCUT2D eigenvalue weighted by molar-refractivity contribution is 0.569. The van der Waals surface area contributed by atoms with E-state index in [0.29, 0.717) is 5.52 Å². The van der Waals surface area contributed by atoms with E-state index in [1.54, 1.807) is 6.07 Å². The number of anilines is 1. The molecule has 0 spiro atoms. The van der Waals surface area contributed by atoms with Gasteiger partial charge in [-0.15, -0.1) is 0 Å². The molecule has 0 bridgehead atoms. The minimum absolute atomic E-state index is 0.117. The third-order valence-corrected chi connectivity index (χ3v) is 3.56. The average molecular weight is 311 g/mol. The highest BCUT2D eigenvalue weighted by Crippen LogP contribution is 2.34. The van der Waals surface area contributed by atoms with Crippen LogP contribution in [0.2, 0.25) is 0 Å². The van der Waals surface area contributed by atoms with E-state index < -0.39 is 0 Å². The van der Waals surface area contributed by atoms with Crippen molar-refractivity contribution in [3.8, 4) is 0 Å². The van der Waals surface area contributed by atoms with Crippen LogP contribution < -0.4 is 5.32 Å². The van der Waals surface area contributed by atoms with Crippen molar-refractivity contribution in [2.45, 2.75) is 26.2 Å². The molecule has 0 radical (unpaired) electrons. The first kappa shape index (κ1) is 13.3. The number of hydrogen-bond acceptors (Lipinski definition) is 2. The Labute approximate surface area is 115 Å². The van der Waals surface area contributed by atoms with Crippen LogP contribution in [-0.2, 0) is 5.41 Å². The van der Waals surface area contributed by atoms with Crippen molar-refractivity contribution in [2.24, 2.45) is 0 Å². The molecule has 0 aliphatic carbocycles. The third kappa shape index (κ3) is 2.21. The van der Waals surface area contributed by atoms with Crippen LogP contribution in [0.15, 0.2) is 22.7 Å². The summed E-state index contributed by atoms with van der Waals surface area (Å²) in [7, 11) is 1.83. The van der Waals surface area contributed by atoms with E-state index in [9.17, 15) is 4.39 Å². The lowest BCUT2D eigenvalue weighted by Gasteiger charge is -2.20. The number of benzene rings is 1. The van der Waals surface area contributed by atoms with Crippen LogP contribution in [-0.4, -0.2) is 12.0 Å². The Hall–Kier alpha value is -1.16. The summed E-state index contributed by atoms with van der Waals surface area (Å²) in [6, 6.07) is 5.12. The molecule has 96 valence electrons. The second-order valence-corrected chi connectivity index (χ2v) is 6.16. The second kappa shape index (κ2) is 4.50. The van der Waals surface area contributed by atoms with Crippen molar-refractivity contribution in [1.82, 2.24) is 4.98 Å². The van der Waals surface area contributed by atoms with Crippen molar-refractivity contribution < 1.29 is 4.39 Å². The molecular formula is C14H16BrFN2. The Morgan fingerprint density at radius 3 is 2.50 bits per heavy atom. The fraction of sp³-hybridized carbons (Fsp3) is 0.357. The van der Waals surface area contributed by atoms with E-state index in [1.807, 2.05) is 13.1 Å². The maximum Gasteiger partial charge on any atom is 0.149 e. The highest BCUT2D eigenvalue weighted by molar-refractivity contribution is 9.10. The zero-order valence-electron chi connectivity index (χ0n) is 10.9. The Kier molecular flexibility index (Phi) is 3.32. The molecule has 0 saturated carbocycles. The predicted octanol–water partition coefficient (Wildman–Crippen LogP) is 4.48. The predicted molar refractivity (Wildman–Crippen MR) is 77.6 cm³/mol. The molecule has 2 rings (SSSR count). The smallest absolute Gasteiger partial charge is 0.149 e. The molecule has 0 atom stereocenters. The van der Waals surface area contributed by atoms with Gasteiger partial charge >= 0.3 is 0 Å². The number of fused-ring (bicyclic) bond motifs is 1. The molecule has 1 heterocycles. The van der Waals surface area contributed by atoms with Gasteiger partial charge in [-0.3, -0.25) is 0 Å². The lowest BCUT2D eigenvalue weighted by atomic mass is 9.90. The first-order valence-corrected chi connectivity index (χ1v) is 6.61. The number of pyridine rings is 1. The molecule has 1 aromatic heterocycles. The number of halogens is 2. The zero-order chi connectivity index (χ0) is 13.5. The highest BCUT2D eigenvalue weighted by atomic mass is 79.9. The Morgan fingerprint density at radius 2 is 1.94 bits per heavy atom. The van der Waals surface area contributed by atoms with Crippen LogP contribution in [0.5, 0.6) is 0 Å². The minimum atomic E-state index is -0.296. The summed E-state index contributed by atoms with van der Waals surface area (Å²) >= 11 is 3.45. The maximum absolute atomic E-state index is 13.9. The molecule has 4 heteroatoms. The van der Waals surface area contributed by atoms with Gasteiger partial charge in [0.25, 0.3) is 0 Å². The monoisotopic (exact) mass is 310 g/mol. The largest absolute Gasteiger partial charge is 0.387 e. The van der Waals surface area contributed by atoms with Crippen molar-refractivity contribution >= 4 is 32.5 Å². The fourth-order valence-corrected chi connectivity index (χ4v) is 2.38. The lowest BCUT2D eigenvalue weighted by Crippen LogP contribution is -2.14. The summed E-state index contributed by atoms with van der Waals surface area (Å²) in [5.74, 6) is -0.296. The van der Waals surface area contributed by atoms with Crippen LogP contribution in [0.25, 0.3) is 10.9 Å². The van der Waals surface area contributed by atoms with Crippen molar-refractivity contribution in [1.29, 1.82) is 0 Å². The standard InChI is InChI=1S/C14H16BrFN2/c1-14(2,3)11-7-10(17-4)12-8(15)5-6-9(16)13(12)18-11/h5-7H,1-4H3,(H,17,18). The molecule has 1 aromatic carbocycles. The number of hydrogen-bond donors (Lipinski definition) is 1. The summed E-state index contributed by atoms with van der Waals surface area (Å²) in [6.07, 6.45) is 0. The summed E-state index contributed by atoms with van der Waals surface area (Å²) in [5, 5.41) is 3.90. The zero-order valence-corrected chi connectivity index (χ0v) is 12.5. The molecule has 2 nitrogen and oxygen atoms in total. The highest BCUT2D eigenvalue weighted by Gasteiger charge is 2.19. The van der Waals surface area contributed by atoms with E-state index in [4.69, 9.17) is 0 Å². The Balaban J connectivity index is 2.88. The molecule has 0 aliphatic rings. The third-order valence-electron chi connectivity index (χ3n) is 2.90. The van der Waals surface area contributed by atoms with Gasteiger partial charge in [0.1, 0.15) is 11.3 Å². The van der Waals surface area contributed by atoms with Crippen LogP contribution in [0.3, 0.4) is 0 Å². The van der Waals surface area contributed by atoms with Crippen LogP contribution in [0.1, 0.15) is 26.5 Å². The van der Waals surface area contributed by atoms with E-state index in [1.165, 1.54) is 6.07 Å². The van der Waals surface area contributed by atoms with Gasteiger partial charge in [0, 0.05) is 33.7 Å². The van der Waals surface area contributed by atoms with Crippen LogP contribution in [0, 0.1) is 5.82 Å². The Morgan fingerprint density at radius 1 is 1.28 bits per heavy atom. The van der Waals surface area contributed by atoms with Crippen molar-refractivity contribution in [3.05, 3.63) is 34.2 Å². The molecule has 0 saturated heterocycles. The van der Waals surface area contributed by atoms with Crippen LogP contribution >= 0.6 is 15.9 Å². The van der Waals surface area contributed by atoms with Gasteiger partial charge in [-0.2, -0.15) is 0 Å². The quantitative estimate of drug-likeness (QED) is 0.840. The molecule has 0 fully saturated rings. The SMILES string of the molecule is CNc1cc(C(C)(C)C)nc2c(F)ccc(Br)c12. The molecule has 0 amide bonds. The normalized spacial score (nSPS) is 11.9.